The van der Waals surface area contributed by atoms with E-state index < -0.39 is 19.7 Å². The lowest BCUT2D eigenvalue weighted by Crippen LogP contribution is -2.31. The first-order chi connectivity index (χ1) is 33.2. The average Bonchev–Trinajstić information content (AvgIpc) is 4.10. The van der Waals surface area contributed by atoms with Crippen molar-refractivity contribution in [1.29, 1.82) is 0 Å². The van der Waals surface area contributed by atoms with Crippen LogP contribution in [0.2, 0.25) is 0 Å². The summed E-state index contributed by atoms with van der Waals surface area (Å²) >= 11 is 0. The first-order valence-electron chi connectivity index (χ1n) is 24.4. The number of para-hydroxylation sites is 4. The predicted molar refractivity (Wildman–Crippen MR) is 283 cm³/mol. The Bertz CT molecular complexity index is 3130. The Morgan fingerprint density at radius 3 is 1.37 bits per heavy atom. The summed E-state index contributed by atoms with van der Waals surface area (Å²) in [5.74, 6) is 0.524. The van der Waals surface area contributed by atoms with Gasteiger partial charge in [-0.2, -0.15) is 10.2 Å². The molecule has 12 heteroatoms. The number of hydrazone groups is 2. The standard InChI is InChI=1S/C56H60N6O4S2/c1-2-3-4-5-6-7-14-27-56(59-52-25-17-15-23-48(52)50-36-42(28-30-54(50)59)38-57-61(44-19-10-8-11-20-44)46-32-34-67(63,64)40-46)60-53-26-18-16-24-49(53)51-37-43(29-31-55(51)60)39-58-62(45-21-12-9-13-22-45)47-33-35-68(65,66)41-47/h8-13,15-26,28-31,36-39,46-47,56H,2-7,14,27,32-35,40-41H2,1H3/b57-38+,58-39+. The highest BCUT2D eigenvalue weighted by molar-refractivity contribution is 7.92. The van der Waals surface area contributed by atoms with Crippen molar-refractivity contribution in [3.8, 4) is 0 Å². The fourth-order valence-electron chi connectivity index (χ4n) is 10.6. The van der Waals surface area contributed by atoms with Crippen LogP contribution in [-0.2, 0) is 19.7 Å². The summed E-state index contributed by atoms with van der Waals surface area (Å²) < 4.78 is 55.5. The van der Waals surface area contributed by atoms with Crippen LogP contribution in [0.5, 0.6) is 0 Å². The van der Waals surface area contributed by atoms with E-state index in [1.54, 1.807) is 0 Å². The molecule has 0 radical (unpaired) electrons. The van der Waals surface area contributed by atoms with E-state index in [0.29, 0.717) is 12.8 Å². The second kappa shape index (κ2) is 19.8. The molecule has 2 saturated heterocycles. The van der Waals surface area contributed by atoms with Gasteiger partial charge in [-0.1, -0.05) is 130 Å². The normalized spacial score (nSPS) is 18.5. The minimum Gasteiger partial charge on any atom is -0.319 e. The largest absolute Gasteiger partial charge is 0.319 e. The summed E-state index contributed by atoms with van der Waals surface area (Å²) in [6.07, 6.45) is 14.2. The number of rotatable bonds is 18. The van der Waals surface area contributed by atoms with E-state index in [1.807, 2.05) is 83.1 Å². The summed E-state index contributed by atoms with van der Waals surface area (Å²) in [6.45, 7) is 2.27. The van der Waals surface area contributed by atoms with Crippen LogP contribution in [0.4, 0.5) is 11.4 Å². The first-order valence-corrected chi connectivity index (χ1v) is 28.0. The predicted octanol–water partition coefficient (Wildman–Crippen LogP) is 12.1. The molecule has 0 spiro atoms. The Morgan fingerprint density at radius 2 is 0.926 bits per heavy atom. The minimum absolute atomic E-state index is 0.0507. The van der Waals surface area contributed by atoms with Crippen LogP contribution in [0.15, 0.2) is 156 Å². The van der Waals surface area contributed by atoms with Gasteiger partial charge in [-0.25, -0.2) is 16.8 Å². The van der Waals surface area contributed by atoms with Gasteiger partial charge >= 0.3 is 0 Å². The van der Waals surface area contributed by atoms with Crippen LogP contribution >= 0.6 is 0 Å². The maximum atomic E-state index is 12.6. The molecule has 0 bridgehead atoms. The molecule has 350 valence electrons. The zero-order valence-electron chi connectivity index (χ0n) is 38.8. The van der Waals surface area contributed by atoms with Crippen LogP contribution in [0, 0.1) is 0 Å². The second-order valence-corrected chi connectivity index (χ2v) is 23.1. The summed E-state index contributed by atoms with van der Waals surface area (Å²) in [5, 5.41) is 18.4. The van der Waals surface area contributed by atoms with E-state index >= 15 is 0 Å². The Balaban J connectivity index is 1.06. The molecule has 10 nitrogen and oxygen atoms in total. The average molecular weight is 945 g/mol. The van der Waals surface area contributed by atoms with Gasteiger partial charge in [0.1, 0.15) is 6.17 Å². The van der Waals surface area contributed by atoms with Gasteiger partial charge in [0.2, 0.25) is 0 Å². The minimum atomic E-state index is -3.12. The van der Waals surface area contributed by atoms with E-state index in [0.717, 1.165) is 74.6 Å². The molecule has 8 aromatic rings. The van der Waals surface area contributed by atoms with Crippen LogP contribution in [-0.4, -0.2) is 73.5 Å². The zero-order valence-corrected chi connectivity index (χ0v) is 40.4. The molecule has 2 aromatic heterocycles. The highest BCUT2D eigenvalue weighted by Gasteiger charge is 2.34. The molecule has 2 unspecified atom stereocenters. The van der Waals surface area contributed by atoms with Gasteiger partial charge in [0.25, 0.3) is 0 Å². The molecule has 10 rings (SSSR count). The van der Waals surface area contributed by atoms with Crippen LogP contribution < -0.4 is 10.0 Å². The highest BCUT2D eigenvalue weighted by atomic mass is 32.2. The van der Waals surface area contributed by atoms with Gasteiger partial charge in [-0.15, -0.1) is 0 Å². The highest BCUT2D eigenvalue weighted by Crippen LogP contribution is 2.40. The lowest BCUT2D eigenvalue weighted by atomic mass is 10.1. The Kier molecular flexibility index (Phi) is 13.2. The van der Waals surface area contributed by atoms with Crippen molar-refractivity contribution in [1.82, 2.24) is 9.13 Å². The quantitative estimate of drug-likeness (QED) is 0.0481. The van der Waals surface area contributed by atoms with Crippen molar-refractivity contribution >= 4 is 87.1 Å². The number of hydrogen-bond acceptors (Lipinski definition) is 8. The number of unbranched alkanes of at least 4 members (excludes halogenated alkanes) is 6. The van der Waals surface area contributed by atoms with Gasteiger partial charge < -0.3 is 9.13 Å². The number of benzene rings is 6. The zero-order chi connectivity index (χ0) is 46.7. The van der Waals surface area contributed by atoms with Crippen molar-refractivity contribution in [2.75, 3.05) is 33.0 Å². The molecular weight excluding hydrogens is 885 g/mol. The maximum Gasteiger partial charge on any atom is 0.152 e. The number of sulfone groups is 2. The molecule has 0 saturated carbocycles. The first kappa shape index (κ1) is 45.5. The smallest absolute Gasteiger partial charge is 0.152 e. The molecule has 68 heavy (non-hydrogen) atoms. The fraction of sp³-hybridized carbons (Fsp3) is 0.321. The topological polar surface area (TPSA) is 109 Å². The number of hydrogen-bond donors (Lipinski definition) is 0. The molecule has 2 aliphatic rings. The molecule has 2 fully saturated rings. The van der Waals surface area contributed by atoms with Gasteiger partial charge in [-0.05, 0) is 97.5 Å². The Hall–Kier alpha value is -6.24. The molecule has 6 aromatic carbocycles. The third-order valence-electron chi connectivity index (χ3n) is 13.9. The molecule has 4 heterocycles. The third-order valence-corrected chi connectivity index (χ3v) is 17.4. The summed E-state index contributed by atoms with van der Waals surface area (Å²) in [5.41, 5.74) is 8.24. The van der Waals surface area contributed by atoms with Crippen molar-refractivity contribution in [3.05, 3.63) is 157 Å². The van der Waals surface area contributed by atoms with Gasteiger partial charge in [0, 0.05) is 21.5 Å². The van der Waals surface area contributed by atoms with Crippen molar-refractivity contribution in [2.24, 2.45) is 10.2 Å². The fourth-order valence-corrected chi connectivity index (χ4v) is 14.0. The van der Waals surface area contributed by atoms with Crippen LogP contribution in [0.3, 0.4) is 0 Å². The number of anilines is 2. The molecule has 0 aliphatic carbocycles. The van der Waals surface area contributed by atoms with E-state index in [9.17, 15) is 16.8 Å². The van der Waals surface area contributed by atoms with Crippen LogP contribution in [0.25, 0.3) is 43.6 Å². The van der Waals surface area contributed by atoms with E-state index in [1.165, 1.54) is 42.9 Å². The number of aromatic nitrogens is 2. The molecule has 2 atom stereocenters. The molecule has 2 aliphatic heterocycles. The van der Waals surface area contributed by atoms with Gasteiger partial charge in [0.05, 0.1) is 81.0 Å². The molecule has 0 amide bonds. The SMILES string of the molecule is CCCCCCCCCC(n1c2ccccc2c2cc(/C=N/N(c3ccccc3)C3CCS(=O)(=O)C3)ccc21)n1c2ccccc2c2cc(/C=N/N(c3ccccc3)C3CCS(=O)(=O)C3)ccc21. The monoisotopic (exact) mass is 944 g/mol. The van der Waals surface area contributed by atoms with E-state index in [2.05, 4.69) is 101 Å². The van der Waals surface area contributed by atoms with Crippen molar-refractivity contribution < 1.29 is 16.8 Å². The van der Waals surface area contributed by atoms with Crippen molar-refractivity contribution in [2.45, 2.75) is 89.4 Å². The second-order valence-electron chi connectivity index (χ2n) is 18.7. The summed E-state index contributed by atoms with van der Waals surface area (Å²) in [4.78, 5) is 0. The van der Waals surface area contributed by atoms with Gasteiger partial charge in [-0.3, -0.25) is 10.0 Å². The van der Waals surface area contributed by atoms with Crippen molar-refractivity contribution in [3.63, 3.8) is 0 Å². The summed E-state index contributed by atoms with van der Waals surface area (Å²) in [7, 11) is -6.24. The van der Waals surface area contributed by atoms with E-state index in [-0.39, 0.29) is 41.3 Å². The lowest BCUT2D eigenvalue weighted by molar-refractivity contribution is 0.418. The van der Waals surface area contributed by atoms with Crippen LogP contribution in [0.1, 0.15) is 88.4 Å². The van der Waals surface area contributed by atoms with Gasteiger partial charge in [0.15, 0.2) is 19.7 Å². The molecule has 0 N–H and O–H groups in total. The maximum absolute atomic E-state index is 12.6. The number of nitrogens with zero attached hydrogens (tertiary/aromatic N) is 6. The van der Waals surface area contributed by atoms with E-state index in [4.69, 9.17) is 10.2 Å². The summed E-state index contributed by atoms with van der Waals surface area (Å²) in [6, 6.07) is 49.9. The Labute approximate surface area is 400 Å². The lowest BCUT2D eigenvalue weighted by Gasteiger charge is -2.26. The Morgan fingerprint density at radius 1 is 0.515 bits per heavy atom. The molecular formula is C56H60N6O4S2. The number of fused-ring (bicyclic) bond motifs is 6. The third kappa shape index (κ3) is 9.58.